The number of aliphatic hydroxyl groups excluding tert-OH is 3. The van der Waals surface area contributed by atoms with Gasteiger partial charge in [-0.05, 0) is 26.9 Å². The molecule has 2 aliphatic rings. The van der Waals surface area contributed by atoms with Gasteiger partial charge in [-0.2, -0.15) is 0 Å². The van der Waals surface area contributed by atoms with Crippen LogP contribution in [-0.2, 0) is 9.47 Å². The van der Waals surface area contributed by atoms with Gasteiger partial charge in [0.1, 0.15) is 23.9 Å². The highest BCUT2D eigenvalue weighted by Gasteiger charge is 2.49. The minimum atomic E-state index is -1.25. The van der Waals surface area contributed by atoms with Crippen molar-refractivity contribution in [1.82, 2.24) is 10.6 Å². The molecule has 0 radical (unpaired) electrons. The van der Waals surface area contributed by atoms with Crippen LogP contribution in [0.25, 0.3) is 0 Å². The highest BCUT2D eigenvalue weighted by atomic mass is 16.7. The van der Waals surface area contributed by atoms with E-state index in [0.29, 0.717) is 13.0 Å². The Balaban J connectivity index is 2.11. The molecule has 9 atom stereocenters. The summed E-state index contributed by atoms with van der Waals surface area (Å²) in [5.74, 6) is 0. The largest absolute Gasteiger partial charge is 0.389 e. The van der Waals surface area contributed by atoms with Crippen LogP contribution in [0.4, 0.5) is 0 Å². The Labute approximate surface area is 142 Å². The summed E-state index contributed by atoms with van der Waals surface area (Å²) >= 11 is 0. The van der Waals surface area contributed by atoms with Crippen molar-refractivity contribution in [2.45, 2.75) is 74.7 Å². The molecule has 9 heteroatoms. The van der Waals surface area contributed by atoms with Crippen molar-refractivity contribution in [2.24, 2.45) is 5.73 Å². The van der Waals surface area contributed by atoms with Crippen molar-refractivity contribution in [3.63, 3.8) is 0 Å². The fraction of sp³-hybridized carbons (Fsp3) is 1.00. The first-order chi connectivity index (χ1) is 11.2. The van der Waals surface area contributed by atoms with Crippen molar-refractivity contribution in [3.8, 4) is 0 Å². The third kappa shape index (κ3) is 3.90. The van der Waals surface area contributed by atoms with E-state index in [9.17, 15) is 20.4 Å². The predicted octanol–water partition coefficient (Wildman–Crippen LogP) is -3.14. The zero-order valence-corrected chi connectivity index (χ0v) is 14.4. The number of rotatable bonds is 5. The zero-order chi connectivity index (χ0) is 18.1. The normalized spacial score (nSPS) is 50.0. The monoisotopic (exact) mass is 349 g/mol. The number of likely N-dealkylation sites (N-methyl/N-ethyl adjacent to an activating group) is 2. The lowest BCUT2D eigenvalue weighted by Crippen LogP contribution is -2.68. The van der Waals surface area contributed by atoms with Gasteiger partial charge in [0.15, 0.2) is 6.29 Å². The van der Waals surface area contributed by atoms with Crippen LogP contribution in [0.5, 0.6) is 0 Å². The van der Waals surface area contributed by atoms with E-state index < -0.39 is 48.4 Å². The Bertz CT molecular complexity index is 413. The summed E-state index contributed by atoms with van der Waals surface area (Å²) in [7, 11) is 1.63. The fourth-order valence-electron chi connectivity index (χ4n) is 3.61. The van der Waals surface area contributed by atoms with Crippen LogP contribution < -0.4 is 16.4 Å². The first kappa shape index (κ1) is 20.0. The van der Waals surface area contributed by atoms with Gasteiger partial charge in [0, 0.05) is 12.1 Å². The van der Waals surface area contributed by atoms with Crippen LogP contribution in [0.3, 0.4) is 0 Å². The predicted molar refractivity (Wildman–Crippen MR) is 86.2 cm³/mol. The molecule has 1 saturated heterocycles. The molecule has 0 aromatic rings. The highest BCUT2D eigenvalue weighted by Crippen LogP contribution is 2.29. The molecule has 0 amide bonds. The molecule has 1 heterocycles. The molecule has 2 rings (SSSR count). The SMILES string of the molecule is CCN[C@@H]1C[C@H](N)[C@@H](O)[C@H](O)[C@H]1O[C@H]1OC[C@](C)(O)[C@H](NC)[C@H]1O. The van der Waals surface area contributed by atoms with Crippen molar-refractivity contribution in [2.75, 3.05) is 20.2 Å². The first-order valence-electron chi connectivity index (χ1n) is 8.42. The number of aliphatic hydroxyl groups is 4. The second-order valence-electron chi connectivity index (χ2n) is 6.94. The lowest BCUT2D eigenvalue weighted by Gasteiger charge is -2.47. The molecule has 0 spiro atoms. The van der Waals surface area contributed by atoms with Crippen LogP contribution in [-0.4, -0.2) is 95.1 Å². The Morgan fingerprint density at radius 2 is 1.92 bits per heavy atom. The Kier molecular flexibility index (Phi) is 6.57. The van der Waals surface area contributed by atoms with Gasteiger partial charge in [0.2, 0.25) is 0 Å². The highest BCUT2D eigenvalue weighted by molar-refractivity contribution is 5.01. The van der Waals surface area contributed by atoms with Crippen molar-refractivity contribution in [3.05, 3.63) is 0 Å². The van der Waals surface area contributed by atoms with E-state index >= 15 is 0 Å². The summed E-state index contributed by atoms with van der Waals surface area (Å²) in [6.45, 7) is 4.09. The molecule has 2 fully saturated rings. The van der Waals surface area contributed by atoms with Crippen LogP contribution in [0.1, 0.15) is 20.3 Å². The Hall–Kier alpha value is -0.360. The average Bonchev–Trinajstić information content (AvgIpc) is 2.51. The summed E-state index contributed by atoms with van der Waals surface area (Å²) in [5.41, 5.74) is 4.61. The molecule has 1 aliphatic heterocycles. The minimum absolute atomic E-state index is 0.0308. The number of hydrogen-bond acceptors (Lipinski definition) is 9. The zero-order valence-electron chi connectivity index (χ0n) is 14.4. The first-order valence-corrected chi connectivity index (χ1v) is 8.42. The molecule has 8 N–H and O–H groups in total. The number of nitrogens with one attached hydrogen (secondary N) is 2. The maximum absolute atomic E-state index is 10.5. The maximum atomic E-state index is 10.5. The summed E-state index contributed by atoms with van der Waals surface area (Å²) in [6.07, 6.45) is -4.86. The third-order valence-corrected chi connectivity index (χ3v) is 4.95. The molecule has 0 bridgehead atoms. The molecule has 142 valence electrons. The topological polar surface area (TPSA) is 149 Å². The van der Waals surface area contributed by atoms with Gasteiger partial charge in [-0.1, -0.05) is 6.92 Å². The lowest BCUT2D eigenvalue weighted by molar-refractivity contribution is -0.297. The summed E-state index contributed by atoms with van der Waals surface area (Å²) in [6, 6.07) is -1.50. The summed E-state index contributed by atoms with van der Waals surface area (Å²) < 4.78 is 11.3. The second kappa shape index (κ2) is 7.90. The van der Waals surface area contributed by atoms with Crippen LogP contribution >= 0.6 is 0 Å². The van der Waals surface area contributed by atoms with Crippen LogP contribution in [0, 0.1) is 0 Å². The van der Waals surface area contributed by atoms with Crippen molar-refractivity contribution < 1.29 is 29.9 Å². The Morgan fingerprint density at radius 1 is 1.25 bits per heavy atom. The van der Waals surface area contributed by atoms with E-state index in [-0.39, 0.29) is 12.6 Å². The average molecular weight is 349 g/mol. The number of nitrogens with two attached hydrogens (primary N) is 1. The second-order valence-corrected chi connectivity index (χ2v) is 6.94. The summed E-state index contributed by atoms with van der Waals surface area (Å²) in [4.78, 5) is 0. The van der Waals surface area contributed by atoms with E-state index in [1.807, 2.05) is 6.92 Å². The van der Waals surface area contributed by atoms with Gasteiger partial charge >= 0.3 is 0 Å². The number of hydrogen-bond donors (Lipinski definition) is 7. The van der Waals surface area contributed by atoms with E-state index in [2.05, 4.69) is 10.6 Å². The van der Waals surface area contributed by atoms with Gasteiger partial charge in [-0.15, -0.1) is 0 Å². The van der Waals surface area contributed by atoms with Gasteiger partial charge in [-0.3, -0.25) is 0 Å². The van der Waals surface area contributed by atoms with Crippen molar-refractivity contribution in [1.29, 1.82) is 0 Å². The standard InChI is InChI=1S/C15H31N3O6/c1-4-18-8-5-7(16)9(19)10(20)12(8)24-14-11(21)13(17-3)15(2,22)6-23-14/h7-14,17-22H,4-6,16H2,1-3H3/t7-,8+,9+,10-,11+,12-,13+,14+,15-/m0/s1. The lowest BCUT2D eigenvalue weighted by atomic mass is 9.84. The van der Waals surface area contributed by atoms with Gasteiger partial charge in [-0.25, -0.2) is 0 Å². The molecular weight excluding hydrogens is 318 g/mol. The van der Waals surface area contributed by atoms with Crippen LogP contribution in [0.15, 0.2) is 0 Å². The van der Waals surface area contributed by atoms with Gasteiger partial charge in [0.25, 0.3) is 0 Å². The van der Waals surface area contributed by atoms with E-state index in [1.54, 1.807) is 14.0 Å². The van der Waals surface area contributed by atoms with Crippen molar-refractivity contribution >= 4 is 0 Å². The maximum Gasteiger partial charge on any atom is 0.185 e. The molecule has 0 unspecified atom stereocenters. The molecule has 1 aliphatic carbocycles. The minimum Gasteiger partial charge on any atom is -0.389 e. The smallest absolute Gasteiger partial charge is 0.185 e. The fourth-order valence-corrected chi connectivity index (χ4v) is 3.61. The molecule has 0 aromatic carbocycles. The molecule has 1 saturated carbocycles. The molecule has 0 aromatic heterocycles. The van der Waals surface area contributed by atoms with E-state index in [4.69, 9.17) is 15.2 Å². The van der Waals surface area contributed by atoms with Gasteiger partial charge < -0.3 is 46.3 Å². The Morgan fingerprint density at radius 3 is 2.50 bits per heavy atom. The molecular formula is C15H31N3O6. The molecule has 24 heavy (non-hydrogen) atoms. The van der Waals surface area contributed by atoms with E-state index in [1.165, 1.54) is 0 Å². The number of ether oxygens (including phenoxy) is 2. The quantitative estimate of drug-likeness (QED) is 0.273. The van der Waals surface area contributed by atoms with Crippen LogP contribution in [0.2, 0.25) is 0 Å². The van der Waals surface area contributed by atoms with E-state index in [0.717, 1.165) is 0 Å². The summed E-state index contributed by atoms with van der Waals surface area (Å²) in [5, 5.41) is 47.2. The third-order valence-electron chi connectivity index (χ3n) is 4.95. The molecule has 9 nitrogen and oxygen atoms in total. The van der Waals surface area contributed by atoms with Gasteiger partial charge in [0.05, 0.1) is 18.8 Å².